The molecule has 0 spiro atoms. The fourth-order valence-corrected chi connectivity index (χ4v) is 5.87. The third kappa shape index (κ3) is 7.15. The van der Waals surface area contributed by atoms with E-state index in [0.717, 1.165) is 41.7 Å². The van der Waals surface area contributed by atoms with Crippen LogP contribution in [0.2, 0.25) is 0 Å². The quantitative estimate of drug-likeness (QED) is 0.185. The maximum absolute atomic E-state index is 13.1. The highest BCUT2D eigenvalue weighted by atomic mass is 32.1. The average molecular weight is 562 g/mol. The summed E-state index contributed by atoms with van der Waals surface area (Å²) in [5, 5.41) is 7.45. The number of anilines is 1. The van der Waals surface area contributed by atoms with Gasteiger partial charge >= 0.3 is 5.97 Å². The van der Waals surface area contributed by atoms with Crippen LogP contribution < -0.4 is 15.5 Å². The summed E-state index contributed by atoms with van der Waals surface area (Å²) in [4.78, 5) is 39.3. The molecule has 1 aliphatic carbocycles. The molecule has 0 fully saturated rings. The zero-order valence-corrected chi connectivity index (χ0v) is 24.1. The number of ether oxygens (including phenoxy) is 2. The van der Waals surface area contributed by atoms with Crippen LogP contribution in [0.15, 0.2) is 53.6 Å². The van der Waals surface area contributed by atoms with Crippen LogP contribution in [0.5, 0.6) is 5.75 Å². The van der Waals surface area contributed by atoms with Crippen LogP contribution in [-0.4, -0.2) is 36.7 Å². The third-order valence-electron chi connectivity index (χ3n) is 6.79. The molecule has 3 aromatic rings. The number of esters is 1. The summed E-state index contributed by atoms with van der Waals surface area (Å²) in [6.07, 6.45) is 4.42. The van der Waals surface area contributed by atoms with E-state index in [4.69, 9.17) is 9.47 Å². The molecular weight excluding hydrogens is 526 g/mol. The van der Waals surface area contributed by atoms with E-state index in [9.17, 15) is 14.4 Å². The van der Waals surface area contributed by atoms with Gasteiger partial charge in [-0.1, -0.05) is 38.1 Å². The number of aryl methyl sites for hydroxylation is 1. The summed E-state index contributed by atoms with van der Waals surface area (Å²) in [7, 11) is 0. The molecule has 2 amide bonds. The first-order chi connectivity index (χ1) is 19.3. The molecule has 9 heteroatoms. The number of carbonyl (C=O) groups excluding carboxylic acids is 3. The van der Waals surface area contributed by atoms with Crippen LogP contribution in [0.25, 0.3) is 0 Å². The number of hydrogen-bond acceptors (Lipinski definition) is 7. The number of hydrogen-bond donors (Lipinski definition) is 2. The SMILES string of the molecule is CCOC(=O)c1c(NC(=O)c2ccc(O[C@H](C)C(=O)N/N=C\c3ccc(CC)cc3)cc2)sc2c1CC[C@@H](C)C2. The molecule has 0 radical (unpaired) electrons. The van der Waals surface area contributed by atoms with E-state index in [1.807, 2.05) is 24.3 Å². The van der Waals surface area contributed by atoms with Crippen molar-refractivity contribution in [3.8, 4) is 5.75 Å². The summed E-state index contributed by atoms with van der Waals surface area (Å²) >= 11 is 1.45. The Morgan fingerprint density at radius 1 is 1.10 bits per heavy atom. The first-order valence-electron chi connectivity index (χ1n) is 13.6. The van der Waals surface area contributed by atoms with Gasteiger partial charge < -0.3 is 14.8 Å². The molecule has 0 aliphatic heterocycles. The Balaban J connectivity index is 1.36. The number of benzene rings is 2. The summed E-state index contributed by atoms with van der Waals surface area (Å²) in [5.74, 6) is -0.168. The molecule has 40 heavy (non-hydrogen) atoms. The Labute approximate surface area is 238 Å². The van der Waals surface area contributed by atoms with E-state index < -0.39 is 18.0 Å². The van der Waals surface area contributed by atoms with Gasteiger partial charge in [0.2, 0.25) is 0 Å². The molecule has 2 aromatic carbocycles. The predicted molar refractivity (Wildman–Crippen MR) is 158 cm³/mol. The lowest BCUT2D eigenvalue weighted by molar-refractivity contribution is -0.127. The van der Waals surface area contributed by atoms with E-state index in [1.165, 1.54) is 16.9 Å². The topological polar surface area (TPSA) is 106 Å². The van der Waals surface area contributed by atoms with Crippen LogP contribution in [-0.2, 0) is 28.8 Å². The minimum Gasteiger partial charge on any atom is -0.481 e. The van der Waals surface area contributed by atoms with Crippen molar-refractivity contribution >= 4 is 40.3 Å². The van der Waals surface area contributed by atoms with Gasteiger partial charge in [0.05, 0.1) is 18.4 Å². The molecule has 1 aliphatic rings. The van der Waals surface area contributed by atoms with Gasteiger partial charge in [0.25, 0.3) is 11.8 Å². The minimum atomic E-state index is -0.800. The van der Waals surface area contributed by atoms with Gasteiger partial charge in [0.15, 0.2) is 6.10 Å². The van der Waals surface area contributed by atoms with Crippen LogP contribution >= 0.6 is 11.3 Å². The standard InChI is InChI=1S/C31H35N3O5S/c1-5-21-8-10-22(11-9-21)18-32-34-28(35)20(4)39-24-14-12-23(13-15-24)29(36)33-30-27(31(37)38-6-2)25-16-7-19(3)17-26(25)40-30/h8-15,18-20H,5-7,16-17H2,1-4H3,(H,33,36)(H,34,35)/b32-18-/t19-,20-/m1/s1. The minimum absolute atomic E-state index is 0.268. The highest BCUT2D eigenvalue weighted by molar-refractivity contribution is 7.17. The maximum Gasteiger partial charge on any atom is 0.341 e. The second-order valence-electron chi connectivity index (χ2n) is 9.84. The molecule has 210 valence electrons. The summed E-state index contributed by atoms with van der Waals surface area (Å²) < 4.78 is 11.0. The molecule has 0 unspecified atom stereocenters. The van der Waals surface area contributed by atoms with Crippen molar-refractivity contribution in [1.82, 2.24) is 5.43 Å². The number of nitrogens with zero attached hydrogens (tertiary/aromatic N) is 1. The van der Waals surface area contributed by atoms with Gasteiger partial charge in [-0.15, -0.1) is 11.3 Å². The number of carbonyl (C=O) groups is 3. The summed E-state index contributed by atoms with van der Waals surface area (Å²) in [6.45, 7) is 7.94. The number of fused-ring (bicyclic) bond motifs is 1. The van der Waals surface area contributed by atoms with Gasteiger partial charge in [-0.2, -0.15) is 5.10 Å². The zero-order chi connectivity index (χ0) is 28.6. The number of nitrogens with one attached hydrogen (secondary N) is 2. The van der Waals surface area contributed by atoms with E-state index in [0.29, 0.717) is 27.8 Å². The number of thiophene rings is 1. The normalized spacial score (nSPS) is 15.2. The highest BCUT2D eigenvalue weighted by Gasteiger charge is 2.29. The second kappa shape index (κ2) is 13.4. The van der Waals surface area contributed by atoms with Crippen LogP contribution in [0, 0.1) is 5.92 Å². The fourth-order valence-electron chi connectivity index (χ4n) is 4.48. The Hall–Kier alpha value is -3.98. The lowest BCUT2D eigenvalue weighted by Gasteiger charge is -2.18. The van der Waals surface area contributed by atoms with E-state index in [-0.39, 0.29) is 12.5 Å². The van der Waals surface area contributed by atoms with Crippen molar-refractivity contribution in [1.29, 1.82) is 0 Å². The Morgan fingerprint density at radius 2 is 1.82 bits per heavy atom. The molecule has 1 aromatic heterocycles. The van der Waals surface area contributed by atoms with Crippen LogP contribution in [0.3, 0.4) is 0 Å². The Bertz CT molecular complexity index is 1380. The smallest absolute Gasteiger partial charge is 0.341 e. The van der Waals surface area contributed by atoms with Crippen molar-refractivity contribution in [2.75, 3.05) is 11.9 Å². The van der Waals surface area contributed by atoms with E-state index >= 15 is 0 Å². The third-order valence-corrected chi connectivity index (χ3v) is 7.96. The first-order valence-corrected chi connectivity index (χ1v) is 14.4. The molecule has 0 bridgehead atoms. The lowest BCUT2D eigenvalue weighted by atomic mass is 9.88. The van der Waals surface area contributed by atoms with Gasteiger partial charge in [-0.3, -0.25) is 9.59 Å². The van der Waals surface area contributed by atoms with Gasteiger partial charge in [-0.05, 0) is 86.4 Å². The molecule has 2 N–H and O–H groups in total. The molecule has 8 nitrogen and oxygen atoms in total. The number of rotatable bonds is 10. The van der Waals surface area contributed by atoms with Crippen molar-refractivity contribution in [3.05, 3.63) is 81.2 Å². The maximum atomic E-state index is 13.1. The van der Waals surface area contributed by atoms with Crippen LogP contribution in [0.1, 0.15) is 76.4 Å². The lowest BCUT2D eigenvalue weighted by Crippen LogP contribution is -2.33. The van der Waals surface area contributed by atoms with Gasteiger partial charge in [-0.25, -0.2) is 10.2 Å². The van der Waals surface area contributed by atoms with Crippen LogP contribution in [0.4, 0.5) is 5.00 Å². The van der Waals surface area contributed by atoms with E-state index in [2.05, 4.69) is 29.7 Å². The molecule has 4 rings (SSSR count). The molecule has 0 saturated heterocycles. The Kier molecular flexibility index (Phi) is 9.71. The largest absolute Gasteiger partial charge is 0.481 e. The Morgan fingerprint density at radius 3 is 2.50 bits per heavy atom. The van der Waals surface area contributed by atoms with Crippen molar-refractivity contribution in [3.63, 3.8) is 0 Å². The summed E-state index contributed by atoms with van der Waals surface area (Å²) in [5.41, 5.74) is 6.47. The molecular formula is C31H35N3O5S. The monoisotopic (exact) mass is 561 g/mol. The van der Waals surface area contributed by atoms with Crippen molar-refractivity contribution in [2.24, 2.45) is 11.0 Å². The predicted octanol–water partition coefficient (Wildman–Crippen LogP) is 5.78. The zero-order valence-electron chi connectivity index (χ0n) is 23.3. The number of hydrazone groups is 1. The number of amides is 2. The average Bonchev–Trinajstić information content (AvgIpc) is 3.30. The molecule has 0 saturated carbocycles. The molecule has 1 heterocycles. The fraction of sp³-hybridized carbons (Fsp3) is 0.355. The van der Waals surface area contributed by atoms with E-state index in [1.54, 1.807) is 44.3 Å². The first kappa shape index (κ1) is 29.0. The molecule has 2 atom stereocenters. The highest BCUT2D eigenvalue weighted by Crippen LogP contribution is 2.40. The van der Waals surface area contributed by atoms with Crippen molar-refractivity contribution in [2.45, 2.75) is 59.5 Å². The van der Waals surface area contributed by atoms with Gasteiger partial charge in [0.1, 0.15) is 10.8 Å². The summed E-state index contributed by atoms with van der Waals surface area (Å²) in [6, 6.07) is 14.4. The second-order valence-corrected chi connectivity index (χ2v) is 10.9. The van der Waals surface area contributed by atoms with Gasteiger partial charge in [0, 0.05) is 10.4 Å². The van der Waals surface area contributed by atoms with Crippen molar-refractivity contribution < 1.29 is 23.9 Å².